The first kappa shape index (κ1) is 25.0. The van der Waals surface area contributed by atoms with Crippen molar-refractivity contribution in [1.82, 2.24) is 10.2 Å². The van der Waals surface area contributed by atoms with Gasteiger partial charge >= 0.3 is 12.3 Å². The van der Waals surface area contributed by atoms with Crippen molar-refractivity contribution in [1.29, 1.82) is 0 Å². The summed E-state index contributed by atoms with van der Waals surface area (Å²) in [5, 5.41) is 21.9. The zero-order valence-electron chi connectivity index (χ0n) is 17.9. The number of aliphatic hydroxyl groups is 1. The third-order valence-electron chi connectivity index (χ3n) is 5.43. The number of likely N-dealkylation sites (tertiary alicyclic amines) is 1. The molecule has 3 atom stereocenters. The van der Waals surface area contributed by atoms with Gasteiger partial charge in [0, 0.05) is 12.0 Å². The van der Waals surface area contributed by atoms with Gasteiger partial charge in [0.15, 0.2) is 6.10 Å². The first-order chi connectivity index (χ1) is 16.0. The molecule has 1 aliphatic rings. The number of para-hydroxylation sites is 1. The molecule has 1 fully saturated rings. The van der Waals surface area contributed by atoms with E-state index in [9.17, 15) is 37.8 Å². The quantitative estimate of drug-likeness (QED) is 0.507. The summed E-state index contributed by atoms with van der Waals surface area (Å²) in [5.74, 6) is -3.17. The van der Waals surface area contributed by atoms with Crippen molar-refractivity contribution in [2.24, 2.45) is 0 Å². The van der Waals surface area contributed by atoms with Crippen LogP contribution in [0.15, 0.2) is 54.6 Å². The average molecular weight is 480 g/mol. The summed E-state index contributed by atoms with van der Waals surface area (Å²) in [6.07, 6.45) is -6.74. The third-order valence-corrected chi connectivity index (χ3v) is 5.43. The minimum Gasteiger partial charge on any atom is -0.479 e. The Morgan fingerprint density at radius 3 is 2.41 bits per heavy atom. The molecule has 3 N–H and O–H groups in total. The number of amides is 2. The Labute approximate surface area is 192 Å². The lowest BCUT2D eigenvalue weighted by atomic mass is 10.0. The van der Waals surface area contributed by atoms with E-state index in [0.717, 1.165) is 11.0 Å². The Hall–Kier alpha value is -3.60. The van der Waals surface area contributed by atoms with Crippen molar-refractivity contribution in [2.45, 2.75) is 50.4 Å². The number of aliphatic carboxylic acids is 1. The number of hydrogen-bond acceptors (Lipinski definition) is 5. The van der Waals surface area contributed by atoms with Gasteiger partial charge in [0.05, 0.1) is 12.6 Å². The number of carbonyl (C=O) groups is 3. The number of nitrogens with zero attached hydrogens (tertiary/aromatic N) is 1. The van der Waals surface area contributed by atoms with Gasteiger partial charge in [0.1, 0.15) is 11.8 Å². The molecule has 0 aromatic heterocycles. The first-order valence-electron chi connectivity index (χ1n) is 10.4. The fourth-order valence-corrected chi connectivity index (χ4v) is 3.81. The van der Waals surface area contributed by atoms with Gasteiger partial charge < -0.3 is 25.2 Å². The predicted octanol–water partition coefficient (Wildman–Crippen LogP) is 2.25. The van der Waals surface area contributed by atoms with Crippen LogP contribution in [0.25, 0.3) is 0 Å². The normalized spacial score (nSPS) is 17.8. The zero-order chi connectivity index (χ0) is 24.9. The van der Waals surface area contributed by atoms with Crippen LogP contribution in [0.1, 0.15) is 24.0 Å². The Morgan fingerprint density at radius 1 is 1.12 bits per heavy atom. The highest BCUT2D eigenvalue weighted by Gasteiger charge is 2.39. The molecule has 182 valence electrons. The maximum Gasteiger partial charge on any atom is 0.573 e. The zero-order valence-corrected chi connectivity index (χ0v) is 17.9. The van der Waals surface area contributed by atoms with Crippen LogP contribution < -0.4 is 10.1 Å². The number of carbonyl (C=O) groups excluding carboxylic acids is 2. The highest BCUT2D eigenvalue weighted by atomic mass is 19.4. The molecule has 1 heterocycles. The van der Waals surface area contributed by atoms with E-state index in [1.807, 2.05) is 0 Å². The van der Waals surface area contributed by atoms with Gasteiger partial charge in [-0.1, -0.05) is 48.5 Å². The molecule has 2 unspecified atom stereocenters. The van der Waals surface area contributed by atoms with Gasteiger partial charge in [0.25, 0.3) is 0 Å². The molecular weight excluding hydrogens is 457 g/mol. The minimum absolute atomic E-state index is 0.00871. The van der Waals surface area contributed by atoms with Crippen LogP contribution in [-0.2, 0) is 27.3 Å². The monoisotopic (exact) mass is 480 g/mol. The molecule has 0 bridgehead atoms. The Kier molecular flexibility index (Phi) is 7.77. The van der Waals surface area contributed by atoms with E-state index in [2.05, 4.69) is 10.1 Å². The summed E-state index contributed by atoms with van der Waals surface area (Å²) in [6, 6.07) is 11.7. The van der Waals surface area contributed by atoms with Crippen LogP contribution in [0, 0.1) is 0 Å². The maximum absolute atomic E-state index is 13.0. The molecule has 0 saturated carbocycles. The summed E-state index contributed by atoms with van der Waals surface area (Å²) >= 11 is 0. The molecule has 3 rings (SSSR count). The van der Waals surface area contributed by atoms with Crippen LogP contribution in [0.3, 0.4) is 0 Å². The second kappa shape index (κ2) is 10.6. The third kappa shape index (κ3) is 6.47. The number of aliphatic hydroxyl groups excluding tert-OH is 1. The molecule has 1 saturated heterocycles. The van der Waals surface area contributed by atoms with Crippen molar-refractivity contribution >= 4 is 17.8 Å². The SMILES string of the molecule is O=C(O)C(O)C(Cc1ccccc1)NC(=O)[C@H]1CCC(=O)N1Cc1ccccc1OC(F)(F)F. The number of nitrogens with one attached hydrogen (secondary N) is 1. The summed E-state index contributed by atoms with van der Waals surface area (Å²) in [5.41, 5.74) is 0.727. The standard InChI is InChI=1S/C23H23F3N2O6/c24-23(25,26)34-18-9-5-4-8-15(18)13-28-17(10-11-19(28)29)21(31)27-16(20(30)22(32)33)12-14-6-2-1-3-7-14/h1-9,16-17,20,30H,10-13H2,(H,27,31)(H,32,33)/t16?,17-,20?/m1/s1. The van der Waals surface area contributed by atoms with E-state index in [1.165, 1.54) is 18.2 Å². The molecule has 1 aliphatic heterocycles. The van der Waals surface area contributed by atoms with Crippen molar-refractivity contribution < 1.29 is 42.5 Å². The molecule has 2 aromatic carbocycles. The topological polar surface area (TPSA) is 116 Å². The first-order valence-corrected chi connectivity index (χ1v) is 10.4. The Morgan fingerprint density at radius 2 is 1.76 bits per heavy atom. The van der Waals surface area contributed by atoms with E-state index < -0.39 is 48.1 Å². The number of hydrogen-bond donors (Lipinski definition) is 3. The Bertz CT molecular complexity index is 1030. The molecule has 0 spiro atoms. The van der Waals surface area contributed by atoms with Crippen molar-refractivity contribution in [2.75, 3.05) is 0 Å². The van der Waals surface area contributed by atoms with Crippen LogP contribution in [0.2, 0.25) is 0 Å². The number of benzene rings is 2. The summed E-state index contributed by atoms with van der Waals surface area (Å²) < 4.78 is 42.2. The molecule has 2 aromatic rings. The van der Waals surface area contributed by atoms with Crippen LogP contribution in [0.4, 0.5) is 13.2 Å². The maximum atomic E-state index is 13.0. The van der Waals surface area contributed by atoms with Crippen molar-refractivity contribution in [3.63, 3.8) is 0 Å². The minimum atomic E-state index is -4.93. The second-order valence-corrected chi connectivity index (χ2v) is 7.82. The lowest BCUT2D eigenvalue weighted by Crippen LogP contribution is -2.53. The molecule has 0 radical (unpaired) electrons. The van der Waals surface area contributed by atoms with Crippen LogP contribution >= 0.6 is 0 Å². The van der Waals surface area contributed by atoms with E-state index in [1.54, 1.807) is 30.3 Å². The molecule has 34 heavy (non-hydrogen) atoms. The predicted molar refractivity (Wildman–Crippen MR) is 112 cm³/mol. The van der Waals surface area contributed by atoms with E-state index in [-0.39, 0.29) is 31.4 Å². The van der Waals surface area contributed by atoms with E-state index >= 15 is 0 Å². The number of halogens is 3. The van der Waals surface area contributed by atoms with E-state index in [4.69, 9.17) is 0 Å². The van der Waals surface area contributed by atoms with Gasteiger partial charge in [0.2, 0.25) is 11.8 Å². The number of carboxylic acid groups (broad SMARTS) is 1. The van der Waals surface area contributed by atoms with Gasteiger partial charge in [-0.25, -0.2) is 4.79 Å². The molecule has 0 aliphatic carbocycles. The number of ether oxygens (including phenoxy) is 1. The molecule has 11 heteroatoms. The average Bonchev–Trinajstić information content (AvgIpc) is 3.14. The molecule has 2 amide bonds. The highest BCUT2D eigenvalue weighted by molar-refractivity contribution is 5.91. The van der Waals surface area contributed by atoms with E-state index in [0.29, 0.717) is 5.56 Å². The van der Waals surface area contributed by atoms with Crippen LogP contribution in [0.5, 0.6) is 5.75 Å². The largest absolute Gasteiger partial charge is 0.573 e. The highest BCUT2D eigenvalue weighted by Crippen LogP contribution is 2.30. The van der Waals surface area contributed by atoms with Gasteiger partial charge in [-0.15, -0.1) is 13.2 Å². The summed E-state index contributed by atoms with van der Waals surface area (Å²) in [4.78, 5) is 38.0. The molecular formula is C23H23F3N2O6. The van der Waals surface area contributed by atoms with Crippen LogP contribution in [-0.4, -0.2) is 57.4 Å². The van der Waals surface area contributed by atoms with Crippen molar-refractivity contribution in [3.05, 3.63) is 65.7 Å². The molecule has 8 nitrogen and oxygen atoms in total. The lowest BCUT2D eigenvalue weighted by molar-refractivity contribution is -0.275. The second-order valence-electron chi connectivity index (χ2n) is 7.82. The fraction of sp³-hybridized carbons (Fsp3) is 0.348. The number of alkyl halides is 3. The lowest BCUT2D eigenvalue weighted by Gasteiger charge is -2.28. The summed E-state index contributed by atoms with van der Waals surface area (Å²) in [7, 11) is 0. The smallest absolute Gasteiger partial charge is 0.479 e. The number of rotatable bonds is 9. The Balaban J connectivity index is 1.78. The van der Waals surface area contributed by atoms with Crippen molar-refractivity contribution in [3.8, 4) is 5.75 Å². The number of carboxylic acids is 1. The van der Waals surface area contributed by atoms with Gasteiger partial charge in [-0.2, -0.15) is 0 Å². The fourth-order valence-electron chi connectivity index (χ4n) is 3.81. The summed E-state index contributed by atoms with van der Waals surface area (Å²) in [6.45, 7) is -0.311. The van der Waals surface area contributed by atoms with Gasteiger partial charge in [-0.3, -0.25) is 9.59 Å². The van der Waals surface area contributed by atoms with Gasteiger partial charge in [-0.05, 0) is 24.5 Å².